The molecule has 1 aliphatic rings. The predicted octanol–water partition coefficient (Wildman–Crippen LogP) is 3.56. The second-order valence-corrected chi connectivity index (χ2v) is 9.37. The van der Waals surface area contributed by atoms with Crippen molar-refractivity contribution in [3.8, 4) is 0 Å². The molecule has 0 aliphatic carbocycles. The molecule has 2 aromatic carbocycles. The summed E-state index contributed by atoms with van der Waals surface area (Å²) in [4.78, 5) is 11.0. The fourth-order valence-electron chi connectivity index (χ4n) is 3.17. The van der Waals surface area contributed by atoms with Crippen molar-refractivity contribution in [3.05, 3.63) is 58.3 Å². The van der Waals surface area contributed by atoms with E-state index in [-0.39, 0.29) is 5.28 Å². The first-order chi connectivity index (χ1) is 12.9. The topological polar surface area (TPSA) is 66.4 Å². The number of hydrogen-bond acceptors (Lipinski definition) is 5. The summed E-state index contributed by atoms with van der Waals surface area (Å²) in [5.41, 5.74) is 0.775. The van der Waals surface area contributed by atoms with Crippen LogP contribution < -0.4 is 4.90 Å². The van der Waals surface area contributed by atoms with E-state index in [0.29, 0.717) is 31.1 Å². The summed E-state index contributed by atoms with van der Waals surface area (Å²) in [6, 6.07) is 14.4. The van der Waals surface area contributed by atoms with E-state index in [0.717, 1.165) is 21.2 Å². The number of halogens is 2. The van der Waals surface area contributed by atoms with E-state index in [9.17, 15) is 8.42 Å². The molecule has 3 aromatic rings. The SMILES string of the molecule is O=S(=O)(c1ccc(Br)cc1)N1CCN(c2nc(Cl)nc3ccccc23)CC1. The van der Waals surface area contributed by atoms with Crippen molar-refractivity contribution in [2.24, 2.45) is 0 Å². The number of fused-ring (bicyclic) bond motifs is 1. The highest BCUT2D eigenvalue weighted by atomic mass is 79.9. The van der Waals surface area contributed by atoms with Crippen molar-refractivity contribution in [2.75, 3.05) is 31.1 Å². The fraction of sp³-hybridized carbons (Fsp3) is 0.222. The number of sulfonamides is 1. The molecule has 1 fully saturated rings. The summed E-state index contributed by atoms with van der Waals surface area (Å²) in [6.07, 6.45) is 0. The van der Waals surface area contributed by atoms with Gasteiger partial charge in [0.15, 0.2) is 0 Å². The fourth-order valence-corrected chi connectivity index (χ4v) is 5.03. The minimum absolute atomic E-state index is 0.189. The molecule has 2 heterocycles. The van der Waals surface area contributed by atoms with Crippen LogP contribution in [0.5, 0.6) is 0 Å². The highest BCUT2D eigenvalue weighted by molar-refractivity contribution is 9.10. The largest absolute Gasteiger partial charge is 0.353 e. The Hall–Kier alpha value is -1.74. The zero-order valence-electron chi connectivity index (χ0n) is 14.2. The standard InChI is InChI=1S/C18H16BrClN4O2S/c19-13-5-7-14(8-6-13)27(25,26)24-11-9-23(10-12-24)17-15-3-1-2-4-16(15)21-18(20)22-17/h1-8H,9-12H2. The summed E-state index contributed by atoms with van der Waals surface area (Å²) in [5.74, 6) is 0.742. The van der Waals surface area contributed by atoms with Gasteiger partial charge in [0.1, 0.15) is 5.82 Å². The molecule has 6 nitrogen and oxygen atoms in total. The van der Waals surface area contributed by atoms with Crippen LogP contribution in [-0.4, -0.2) is 48.9 Å². The second-order valence-electron chi connectivity index (χ2n) is 6.18. The second kappa shape index (κ2) is 7.35. The predicted molar refractivity (Wildman–Crippen MR) is 110 cm³/mol. The van der Waals surface area contributed by atoms with Crippen LogP contribution in [-0.2, 0) is 10.0 Å². The van der Waals surface area contributed by atoms with Crippen molar-refractivity contribution < 1.29 is 8.42 Å². The van der Waals surface area contributed by atoms with E-state index in [2.05, 4.69) is 30.8 Å². The third-order valence-corrected chi connectivity index (χ3v) is 7.16. The molecular formula is C18H16BrClN4O2S. The summed E-state index contributed by atoms with van der Waals surface area (Å²) in [5, 5.41) is 1.10. The van der Waals surface area contributed by atoms with Crippen molar-refractivity contribution >= 4 is 54.3 Å². The van der Waals surface area contributed by atoms with E-state index in [1.165, 1.54) is 4.31 Å². The van der Waals surface area contributed by atoms with E-state index < -0.39 is 10.0 Å². The molecule has 0 amide bonds. The summed E-state index contributed by atoms with van der Waals surface area (Å²) in [6.45, 7) is 1.84. The monoisotopic (exact) mass is 466 g/mol. The molecule has 140 valence electrons. The Balaban J connectivity index is 1.57. The molecule has 0 saturated carbocycles. The number of para-hydroxylation sites is 1. The molecule has 1 aromatic heterocycles. The van der Waals surface area contributed by atoms with Gasteiger partial charge in [-0.2, -0.15) is 9.29 Å². The van der Waals surface area contributed by atoms with Gasteiger partial charge in [0.25, 0.3) is 0 Å². The Morgan fingerprint density at radius 2 is 1.59 bits per heavy atom. The highest BCUT2D eigenvalue weighted by Crippen LogP contribution is 2.27. The Kier molecular flexibility index (Phi) is 5.07. The third-order valence-electron chi connectivity index (χ3n) is 4.55. The first-order valence-electron chi connectivity index (χ1n) is 8.38. The molecule has 4 rings (SSSR count). The van der Waals surface area contributed by atoms with Gasteiger partial charge in [0, 0.05) is 36.0 Å². The van der Waals surface area contributed by atoms with Crippen LogP contribution in [0.25, 0.3) is 10.9 Å². The van der Waals surface area contributed by atoms with Gasteiger partial charge in [-0.15, -0.1) is 0 Å². The molecule has 27 heavy (non-hydrogen) atoms. The van der Waals surface area contributed by atoms with Crippen LogP contribution in [0.15, 0.2) is 57.9 Å². The lowest BCUT2D eigenvalue weighted by Gasteiger charge is -2.35. The Morgan fingerprint density at radius 1 is 0.926 bits per heavy atom. The molecule has 0 atom stereocenters. The van der Waals surface area contributed by atoms with E-state index in [1.807, 2.05) is 24.3 Å². The van der Waals surface area contributed by atoms with Gasteiger partial charge in [-0.3, -0.25) is 0 Å². The molecule has 9 heteroatoms. The van der Waals surface area contributed by atoms with Gasteiger partial charge in [-0.05, 0) is 48.0 Å². The van der Waals surface area contributed by atoms with Gasteiger partial charge in [0.2, 0.25) is 15.3 Å². The van der Waals surface area contributed by atoms with Crippen molar-refractivity contribution in [1.29, 1.82) is 0 Å². The molecule has 0 unspecified atom stereocenters. The highest BCUT2D eigenvalue weighted by Gasteiger charge is 2.29. The number of piperazine rings is 1. The number of nitrogens with zero attached hydrogens (tertiary/aromatic N) is 4. The number of aromatic nitrogens is 2. The van der Waals surface area contributed by atoms with E-state index in [4.69, 9.17) is 11.6 Å². The van der Waals surface area contributed by atoms with E-state index >= 15 is 0 Å². The van der Waals surface area contributed by atoms with Crippen LogP contribution >= 0.6 is 27.5 Å². The molecule has 1 saturated heterocycles. The lowest BCUT2D eigenvalue weighted by atomic mass is 10.2. The zero-order chi connectivity index (χ0) is 19.0. The molecule has 1 aliphatic heterocycles. The van der Waals surface area contributed by atoms with Gasteiger partial charge in [0.05, 0.1) is 10.4 Å². The summed E-state index contributed by atoms with van der Waals surface area (Å²) in [7, 11) is -3.51. The number of benzene rings is 2. The summed E-state index contributed by atoms with van der Waals surface area (Å²) >= 11 is 9.41. The van der Waals surface area contributed by atoms with Crippen LogP contribution in [0.1, 0.15) is 0 Å². The number of hydrogen-bond donors (Lipinski definition) is 0. The maximum atomic E-state index is 12.9. The normalized spacial score (nSPS) is 16.0. The van der Waals surface area contributed by atoms with Crippen molar-refractivity contribution in [2.45, 2.75) is 4.90 Å². The average Bonchev–Trinajstić information content (AvgIpc) is 2.68. The first-order valence-corrected chi connectivity index (χ1v) is 11.0. The minimum Gasteiger partial charge on any atom is -0.353 e. The first kappa shape index (κ1) is 18.6. The summed E-state index contributed by atoms with van der Waals surface area (Å²) < 4.78 is 28.1. The van der Waals surface area contributed by atoms with Gasteiger partial charge >= 0.3 is 0 Å². The van der Waals surface area contributed by atoms with Gasteiger partial charge in [-0.25, -0.2) is 13.4 Å². The molecule has 0 N–H and O–H groups in total. The van der Waals surface area contributed by atoms with Crippen LogP contribution in [0, 0.1) is 0 Å². The van der Waals surface area contributed by atoms with Crippen LogP contribution in [0.4, 0.5) is 5.82 Å². The Morgan fingerprint density at radius 3 is 2.30 bits per heavy atom. The quantitative estimate of drug-likeness (QED) is 0.551. The smallest absolute Gasteiger partial charge is 0.243 e. The van der Waals surface area contributed by atoms with Crippen LogP contribution in [0.2, 0.25) is 5.28 Å². The maximum Gasteiger partial charge on any atom is 0.243 e. The molecular weight excluding hydrogens is 452 g/mol. The van der Waals surface area contributed by atoms with Crippen molar-refractivity contribution in [3.63, 3.8) is 0 Å². The number of rotatable bonds is 3. The van der Waals surface area contributed by atoms with Gasteiger partial charge < -0.3 is 4.90 Å². The lowest BCUT2D eigenvalue weighted by molar-refractivity contribution is 0.384. The molecule has 0 radical (unpaired) electrons. The minimum atomic E-state index is -3.51. The lowest BCUT2D eigenvalue weighted by Crippen LogP contribution is -2.49. The third kappa shape index (κ3) is 3.67. The van der Waals surface area contributed by atoms with Gasteiger partial charge in [-0.1, -0.05) is 28.1 Å². The van der Waals surface area contributed by atoms with E-state index in [1.54, 1.807) is 24.3 Å². The molecule has 0 bridgehead atoms. The number of anilines is 1. The zero-order valence-corrected chi connectivity index (χ0v) is 17.4. The Labute approximate surface area is 171 Å². The average molecular weight is 468 g/mol. The van der Waals surface area contributed by atoms with Crippen LogP contribution in [0.3, 0.4) is 0 Å². The maximum absolute atomic E-state index is 12.9. The molecule has 0 spiro atoms. The van der Waals surface area contributed by atoms with Crippen molar-refractivity contribution in [1.82, 2.24) is 14.3 Å². The Bertz CT molecular complexity index is 1080.